The van der Waals surface area contributed by atoms with Crippen LogP contribution in [0.25, 0.3) is 0 Å². The van der Waals surface area contributed by atoms with E-state index in [-0.39, 0.29) is 23.8 Å². The third-order valence-corrected chi connectivity index (χ3v) is 3.25. The van der Waals surface area contributed by atoms with Crippen LogP contribution in [0.4, 0.5) is 11.5 Å². The van der Waals surface area contributed by atoms with Gasteiger partial charge in [0.05, 0.1) is 12.2 Å². The zero-order valence-electron chi connectivity index (χ0n) is 12.5. The summed E-state index contributed by atoms with van der Waals surface area (Å²) < 4.78 is 0. The zero-order valence-corrected chi connectivity index (χ0v) is 12.5. The first kappa shape index (κ1) is 15.6. The van der Waals surface area contributed by atoms with Crippen LogP contribution in [0.3, 0.4) is 0 Å². The molecular formula is C16H20N4O2. The van der Waals surface area contributed by atoms with Gasteiger partial charge in [0.25, 0.3) is 0 Å². The fourth-order valence-electron chi connectivity index (χ4n) is 1.98. The summed E-state index contributed by atoms with van der Waals surface area (Å²) in [5.41, 5.74) is 8.31. The SMILES string of the molecule is Cc1ccc(CCNC(=O)CNc2ccc(=O)[nH]c2N)cc1. The van der Waals surface area contributed by atoms with Crippen molar-refractivity contribution in [1.29, 1.82) is 0 Å². The number of rotatable bonds is 6. The van der Waals surface area contributed by atoms with Crippen LogP contribution in [0.15, 0.2) is 41.2 Å². The van der Waals surface area contributed by atoms with Crippen molar-refractivity contribution in [2.75, 3.05) is 24.1 Å². The lowest BCUT2D eigenvalue weighted by atomic mass is 10.1. The van der Waals surface area contributed by atoms with E-state index >= 15 is 0 Å². The van der Waals surface area contributed by atoms with Gasteiger partial charge in [0.15, 0.2) is 0 Å². The number of anilines is 2. The van der Waals surface area contributed by atoms with Crippen LogP contribution in [0.5, 0.6) is 0 Å². The number of benzene rings is 1. The van der Waals surface area contributed by atoms with E-state index in [1.165, 1.54) is 17.2 Å². The van der Waals surface area contributed by atoms with Crippen molar-refractivity contribution in [3.63, 3.8) is 0 Å². The molecule has 0 fully saturated rings. The maximum atomic E-state index is 11.8. The van der Waals surface area contributed by atoms with Crippen molar-refractivity contribution in [3.8, 4) is 0 Å². The van der Waals surface area contributed by atoms with Crippen molar-refractivity contribution in [2.45, 2.75) is 13.3 Å². The van der Waals surface area contributed by atoms with Crippen LogP contribution >= 0.6 is 0 Å². The molecule has 0 unspecified atom stereocenters. The molecular weight excluding hydrogens is 280 g/mol. The molecule has 5 N–H and O–H groups in total. The predicted octanol–water partition coefficient (Wildman–Crippen LogP) is 1.04. The molecule has 0 radical (unpaired) electrons. The van der Waals surface area contributed by atoms with E-state index in [1.807, 2.05) is 6.92 Å². The normalized spacial score (nSPS) is 10.2. The highest BCUT2D eigenvalue weighted by Gasteiger charge is 2.03. The number of carbonyl (C=O) groups is 1. The summed E-state index contributed by atoms with van der Waals surface area (Å²) in [5, 5.41) is 5.72. The van der Waals surface area contributed by atoms with Crippen LogP contribution in [0.2, 0.25) is 0 Å². The summed E-state index contributed by atoms with van der Waals surface area (Å²) in [6.07, 6.45) is 0.785. The minimum Gasteiger partial charge on any atom is -0.383 e. The number of amides is 1. The summed E-state index contributed by atoms with van der Waals surface area (Å²) >= 11 is 0. The number of aryl methyl sites for hydroxylation is 1. The molecule has 0 saturated heterocycles. The van der Waals surface area contributed by atoms with Crippen molar-refractivity contribution in [1.82, 2.24) is 10.3 Å². The van der Waals surface area contributed by atoms with Gasteiger partial charge in [-0.1, -0.05) is 29.8 Å². The van der Waals surface area contributed by atoms with E-state index in [2.05, 4.69) is 39.9 Å². The smallest absolute Gasteiger partial charge is 0.249 e. The average molecular weight is 300 g/mol. The molecule has 0 aliphatic heterocycles. The fraction of sp³-hybridized carbons (Fsp3) is 0.250. The molecule has 22 heavy (non-hydrogen) atoms. The molecule has 0 aliphatic carbocycles. The Morgan fingerprint density at radius 3 is 2.59 bits per heavy atom. The van der Waals surface area contributed by atoms with E-state index in [0.29, 0.717) is 12.2 Å². The van der Waals surface area contributed by atoms with E-state index < -0.39 is 0 Å². The average Bonchev–Trinajstić information content (AvgIpc) is 2.48. The number of carbonyl (C=O) groups excluding carboxylic acids is 1. The summed E-state index contributed by atoms with van der Waals surface area (Å²) in [5.74, 6) is 0.0951. The van der Waals surface area contributed by atoms with Crippen LogP contribution in [0, 0.1) is 6.92 Å². The molecule has 0 bridgehead atoms. The fourth-order valence-corrected chi connectivity index (χ4v) is 1.98. The Morgan fingerprint density at radius 1 is 1.18 bits per heavy atom. The van der Waals surface area contributed by atoms with Gasteiger partial charge < -0.3 is 21.4 Å². The first-order valence-corrected chi connectivity index (χ1v) is 7.09. The van der Waals surface area contributed by atoms with Crippen LogP contribution in [-0.4, -0.2) is 24.0 Å². The van der Waals surface area contributed by atoms with Gasteiger partial charge in [0.1, 0.15) is 5.82 Å². The molecule has 6 nitrogen and oxygen atoms in total. The Balaban J connectivity index is 1.74. The second-order valence-corrected chi connectivity index (χ2v) is 5.09. The van der Waals surface area contributed by atoms with Crippen molar-refractivity contribution in [3.05, 3.63) is 57.9 Å². The summed E-state index contributed by atoms with van der Waals surface area (Å²) in [6.45, 7) is 2.72. The minimum atomic E-state index is -0.273. The Labute approximate surface area is 128 Å². The van der Waals surface area contributed by atoms with Gasteiger partial charge in [-0.25, -0.2) is 0 Å². The van der Waals surface area contributed by atoms with Crippen LogP contribution in [0.1, 0.15) is 11.1 Å². The molecule has 0 spiro atoms. The number of aromatic amines is 1. The van der Waals surface area contributed by atoms with Crippen LogP contribution in [-0.2, 0) is 11.2 Å². The van der Waals surface area contributed by atoms with Gasteiger partial charge in [0, 0.05) is 12.6 Å². The lowest BCUT2D eigenvalue weighted by Gasteiger charge is -2.09. The Hall–Kier alpha value is -2.76. The molecule has 2 aromatic rings. The highest BCUT2D eigenvalue weighted by atomic mass is 16.2. The van der Waals surface area contributed by atoms with E-state index in [1.54, 1.807) is 6.07 Å². The second-order valence-electron chi connectivity index (χ2n) is 5.09. The number of hydrogen-bond acceptors (Lipinski definition) is 4. The quantitative estimate of drug-likeness (QED) is 0.640. The van der Waals surface area contributed by atoms with Gasteiger partial charge in [0.2, 0.25) is 11.5 Å². The molecule has 1 amide bonds. The maximum Gasteiger partial charge on any atom is 0.249 e. The first-order valence-electron chi connectivity index (χ1n) is 7.09. The molecule has 1 aromatic carbocycles. The van der Waals surface area contributed by atoms with Crippen molar-refractivity contribution in [2.24, 2.45) is 0 Å². The molecule has 0 atom stereocenters. The van der Waals surface area contributed by atoms with E-state index in [9.17, 15) is 9.59 Å². The lowest BCUT2D eigenvalue weighted by Crippen LogP contribution is -2.31. The number of nitrogens with one attached hydrogen (secondary N) is 3. The summed E-state index contributed by atoms with van der Waals surface area (Å²) in [6, 6.07) is 11.1. The van der Waals surface area contributed by atoms with Crippen molar-refractivity contribution < 1.29 is 4.79 Å². The lowest BCUT2D eigenvalue weighted by molar-refractivity contribution is -0.119. The maximum absolute atomic E-state index is 11.8. The van der Waals surface area contributed by atoms with E-state index in [4.69, 9.17) is 5.73 Å². The predicted molar refractivity (Wildman–Crippen MR) is 87.9 cm³/mol. The largest absolute Gasteiger partial charge is 0.383 e. The number of nitrogen functional groups attached to an aromatic ring is 1. The number of H-pyrrole nitrogens is 1. The van der Waals surface area contributed by atoms with Gasteiger partial charge in [-0.3, -0.25) is 9.59 Å². The standard InChI is InChI=1S/C16H20N4O2/c1-11-2-4-12(5-3-11)8-9-18-15(22)10-19-13-6-7-14(21)20-16(13)17/h2-7,19H,8-10H2,1H3,(H,18,22)(H3,17,20,21). The third kappa shape index (κ3) is 4.66. The number of pyridine rings is 1. The van der Waals surface area contributed by atoms with Gasteiger partial charge in [-0.2, -0.15) is 0 Å². The summed E-state index contributed by atoms with van der Waals surface area (Å²) in [7, 11) is 0. The number of hydrogen-bond donors (Lipinski definition) is 4. The number of nitrogens with two attached hydrogens (primary N) is 1. The van der Waals surface area contributed by atoms with Gasteiger partial charge in [-0.15, -0.1) is 0 Å². The number of aromatic nitrogens is 1. The summed E-state index contributed by atoms with van der Waals surface area (Å²) in [4.78, 5) is 25.2. The monoisotopic (exact) mass is 300 g/mol. The Kier molecular flexibility index (Phi) is 5.19. The Bertz CT molecular complexity index is 692. The molecule has 2 rings (SSSR count). The molecule has 1 heterocycles. The molecule has 116 valence electrons. The zero-order chi connectivity index (χ0) is 15.9. The minimum absolute atomic E-state index is 0.101. The topological polar surface area (TPSA) is 100 Å². The van der Waals surface area contributed by atoms with Gasteiger partial charge >= 0.3 is 0 Å². The highest BCUT2D eigenvalue weighted by Crippen LogP contribution is 2.10. The van der Waals surface area contributed by atoms with Crippen LogP contribution < -0.4 is 21.9 Å². The second kappa shape index (κ2) is 7.31. The molecule has 0 saturated carbocycles. The Morgan fingerprint density at radius 2 is 1.91 bits per heavy atom. The molecule has 6 heteroatoms. The third-order valence-electron chi connectivity index (χ3n) is 3.25. The first-order chi connectivity index (χ1) is 10.5. The van der Waals surface area contributed by atoms with Gasteiger partial charge in [-0.05, 0) is 25.0 Å². The molecule has 1 aromatic heterocycles. The molecule has 0 aliphatic rings. The van der Waals surface area contributed by atoms with E-state index in [0.717, 1.165) is 6.42 Å². The highest BCUT2D eigenvalue weighted by molar-refractivity contribution is 5.81. The van der Waals surface area contributed by atoms with Crippen molar-refractivity contribution >= 4 is 17.4 Å².